The van der Waals surface area contributed by atoms with Crippen LogP contribution in [-0.2, 0) is 9.53 Å². The van der Waals surface area contributed by atoms with Crippen LogP contribution in [0.1, 0.15) is 60.8 Å². The molecular formula is C17H24N2O4. The third-order valence-electron chi connectivity index (χ3n) is 4.02. The molecule has 0 saturated heterocycles. The summed E-state index contributed by atoms with van der Waals surface area (Å²) in [5.41, 5.74) is 2.15. The summed E-state index contributed by atoms with van der Waals surface area (Å²) in [6.07, 6.45) is 7.00. The number of aromatic nitrogens is 1. The van der Waals surface area contributed by atoms with Gasteiger partial charge in [0.05, 0.1) is 5.69 Å². The molecule has 0 radical (unpaired) electrons. The Bertz CT molecular complexity index is 584. The van der Waals surface area contributed by atoms with Crippen LogP contribution in [0.3, 0.4) is 0 Å². The number of rotatable bonds is 6. The van der Waals surface area contributed by atoms with Crippen LogP contribution >= 0.6 is 0 Å². The molecular weight excluding hydrogens is 296 g/mol. The van der Waals surface area contributed by atoms with Gasteiger partial charge in [0, 0.05) is 6.54 Å². The number of allylic oxidation sites excluding steroid dienone is 1. The quantitative estimate of drug-likeness (QED) is 0.644. The number of amides is 1. The van der Waals surface area contributed by atoms with Crippen molar-refractivity contribution in [2.24, 2.45) is 0 Å². The van der Waals surface area contributed by atoms with E-state index in [0.29, 0.717) is 18.0 Å². The number of nitrogens with one attached hydrogen (secondary N) is 1. The van der Waals surface area contributed by atoms with Crippen molar-refractivity contribution in [2.75, 3.05) is 6.54 Å². The first-order chi connectivity index (χ1) is 11.0. The highest BCUT2D eigenvalue weighted by Crippen LogP contribution is 2.19. The topological polar surface area (TPSA) is 81.4 Å². The Morgan fingerprint density at radius 3 is 2.78 bits per heavy atom. The highest BCUT2D eigenvalue weighted by atomic mass is 16.5. The average molecular weight is 320 g/mol. The summed E-state index contributed by atoms with van der Waals surface area (Å²) in [7, 11) is 0. The van der Waals surface area contributed by atoms with Crippen molar-refractivity contribution >= 4 is 11.9 Å². The predicted molar refractivity (Wildman–Crippen MR) is 85.0 cm³/mol. The first-order valence-corrected chi connectivity index (χ1v) is 8.08. The maximum Gasteiger partial charge on any atom is 0.344 e. The highest BCUT2D eigenvalue weighted by molar-refractivity contribution is 5.93. The monoisotopic (exact) mass is 320 g/mol. The van der Waals surface area contributed by atoms with Gasteiger partial charge in [0.1, 0.15) is 11.3 Å². The lowest BCUT2D eigenvalue weighted by molar-refractivity contribution is -0.129. The first-order valence-electron chi connectivity index (χ1n) is 8.08. The number of nitrogens with zero attached hydrogens (tertiary/aromatic N) is 1. The first kappa shape index (κ1) is 17.2. The van der Waals surface area contributed by atoms with E-state index in [9.17, 15) is 9.59 Å². The van der Waals surface area contributed by atoms with Gasteiger partial charge in [-0.05, 0) is 52.9 Å². The van der Waals surface area contributed by atoms with Gasteiger partial charge in [0.15, 0.2) is 6.10 Å². The second-order valence-corrected chi connectivity index (χ2v) is 5.90. The Kier molecular flexibility index (Phi) is 5.96. The molecule has 2 rings (SSSR count). The molecule has 1 atom stereocenters. The maximum atomic E-state index is 12.1. The van der Waals surface area contributed by atoms with Gasteiger partial charge >= 0.3 is 5.97 Å². The zero-order valence-electron chi connectivity index (χ0n) is 14.0. The second kappa shape index (κ2) is 7.94. The summed E-state index contributed by atoms with van der Waals surface area (Å²) in [5.74, 6) is -0.482. The SMILES string of the molecule is Cc1noc(C)c1C(=O)O[C@H](C)C(=O)NCCC1=CCCCC1. The van der Waals surface area contributed by atoms with Crippen LogP contribution < -0.4 is 5.32 Å². The third kappa shape index (κ3) is 4.68. The fraction of sp³-hybridized carbons (Fsp3) is 0.588. The van der Waals surface area contributed by atoms with Crippen molar-refractivity contribution in [2.45, 2.75) is 59.0 Å². The molecule has 0 unspecified atom stereocenters. The fourth-order valence-electron chi connectivity index (χ4n) is 2.67. The van der Waals surface area contributed by atoms with E-state index in [1.807, 2.05) is 0 Å². The molecule has 0 spiro atoms. The molecule has 0 saturated carbocycles. The molecule has 1 aromatic heterocycles. The van der Waals surface area contributed by atoms with Crippen LogP contribution in [0.15, 0.2) is 16.2 Å². The van der Waals surface area contributed by atoms with Crippen LogP contribution in [0.5, 0.6) is 0 Å². The van der Waals surface area contributed by atoms with Gasteiger partial charge in [0.25, 0.3) is 5.91 Å². The number of esters is 1. The number of carbonyl (C=O) groups excluding carboxylic acids is 2. The minimum atomic E-state index is -0.850. The lowest BCUT2D eigenvalue weighted by Gasteiger charge is -2.15. The van der Waals surface area contributed by atoms with E-state index < -0.39 is 12.1 Å². The summed E-state index contributed by atoms with van der Waals surface area (Å²) in [6.45, 7) is 5.43. The normalized spacial score (nSPS) is 15.7. The number of hydrogen-bond acceptors (Lipinski definition) is 5. The Morgan fingerprint density at radius 1 is 1.39 bits per heavy atom. The van der Waals surface area contributed by atoms with Crippen molar-refractivity contribution < 1.29 is 18.8 Å². The molecule has 1 amide bonds. The molecule has 1 aliphatic rings. The largest absolute Gasteiger partial charge is 0.449 e. The molecule has 0 aliphatic heterocycles. The molecule has 6 nitrogen and oxygen atoms in total. The van der Waals surface area contributed by atoms with Gasteiger partial charge in [-0.15, -0.1) is 0 Å². The Balaban J connectivity index is 1.78. The lowest BCUT2D eigenvalue weighted by atomic mass is 9.97. The van der Waals surface area contributed by atoms with Gasteiger partial charge in [-0.3, -0.25) is 4.79 Å². The van der Waals surface area contributed by atoms with E-state index in [1.165, 1.54) is 18.4 Å². The Morgan fingerprint density at radius 2 is 2.17 bits per heavy atom. The standard InChI is InChI=1S/C17H24N2O4/c1-11-15(12(2)23-19-11)17(21)22-13(3)16(20)18-10-9-14-7-5-4-6-8-14/h7,13H,4-6,8-10H2,1-3H3,(H,18,20)/t13-/m1/s1. The van der Waals surface area contributed by atoms with E-state index in [2.05, 4.69) is 16.5 Å². The lowest BCUT2D eigenvalue weighted by Crippen LogP contribution is -2.36. The van der Waals surface area contributed by atoms with Crippen molar-refractivity contribution in [1.29, 1.82) is 0 Å². The summed E-state index contributed by atoms with van der Waals surface area (Å²) >= 11 is 0. The van der Waals surface area contributed by atoms with Gasteiger partial charge in [0.2, 0.25) is 0 Å². The average Bonchev–Trinajstić information content (AvgIpc) is 2.87. The minimum Gasteiger partial charge on any atom is -0.449 e. The number of hydrogen-bond donors (Lipinski definition) is 1. The third-order valence-corrected chi connectivity index (χ3v) is 4.02. The Hall–Kier alpha value is -2.11. The number of aryl methyl sites for hydroxylation is 2. The smallest absolute Gasteiger partial charge is 0.344 e. The van der Waals surface area contributed by atoms with E-state index in [0.717, 1.165) is 19.3 Å². The van der Waals surface area contributed by atoms with Crippen LogP contribution in [-0.4, -0.2) is 29.7 Å². The molecule has 1 N–H and O–H groups in total. The molecule has 1 heterocycles. The van der Waals surface area contributed by atoms with Gasteiger partial charge in [-0.2, -0.15) is 0 Å². The zero-order valence-corrected chi connectivity index (χ0v) is 14.0. The number of ether oxygens (including phenoxy) is 1. The molecule has 0 bridgehead atoms. The van der Waals surface area contributed by atoms with Gasteiger partial charge < -0.3 is 14.6 Å². The summed E-state index contributed by atoms with van der Waals surface area (Å²) < 4.78 is 10.1. The van der Waals surface area contributed by atoms with Crippen LogP contribution in [0.25, 0.3) is 0 Å². The second-order valence-electron chi connectivity index (χ2n) is 5.90. The van der Waals surface area contributed by atoms with Crippen molar-refractivity contribution in [3.63, 3.8) is 0 Å². The minimum absolute atomic E-state index is 0.289. The van der Waals surface area contributed by atoms with Crippen molar-refractivity contribution in [3.8, 4) is 0 Å². The van der Waals surface area contributed by atoms with Crippen molar-refractivity contribution in [1.82, 2.24) is 10.5 Å². The molecule has 23 heavy (non-hydrogen) atoms. The predicted octanol–water partition coefficient (Wildman–Crippen LogP) is 2.84. The zero-order chi connectivity index (χ0) is 16.8. The summed E-state index contributed by atoms with van der Waals surface area (Å²) in [6, 6.07) is 0. The molecule has 0 fully saturated rings. The van der Waals surface area contributed by atoms with Crippen LogP contribution in [0.2, 0.25) is 0 Å². The molecule has 6 heteroatoms. The fourth-order valence-corrected chi connectivity index (χ4v) is 2.67. The van der Waals surface area contributed by atoms with E-state index in [4.69, 9.17) is 9.26 Å². The highest BCUT2D eigenvalue weighted by Gasteiger charge is 2.24. The van der Waals surface area contributed by atoms with Gasteiger partial charge in [-0.25, -0.2) is 4.79 Å². The summed E-state index contributed by atoms with van der Waals surface area (Å²) in [5, 5.41) is 6.52. The maximum absolute atomic E-state index is 12.1. The van der Waals surface area contributed by atoms with Gasteiger partial charge in [-0.1, -0.05) is 16.8 Å². The molecule has 0 aromatic carbocycles. The number of carbonyl (C=O) groups is 2. The van der Waals surface area contributed by atoms with Crippen LogP contribution in [0, 0.1) is 13.8 Å². The molecule has 1 aromatic rings. The molecule has 1 aliphatic carbocycles. The van der Waals surface area contributed by atoms with E-state index >= 15 is 0 Å². The summed E-state index contributed by atoms with van der Waals surface area (Å²) in [4.78, 5) is 24.1. The van der Waals surface area contributed by atoms with E-state index in [-0.39, 0.29) is 11.5 Å². The van der Waals surface area contributed by atoms with Crippen LogP contribution in [0.4, 0.5) is 0 Å². The molecule has 126 valence electrons. The van der Waals surface area contributed by atoms with E-state index in [1.54, 1.807) is 20.8 Å². The Labute approximate surface area is 136 Å². The van der Waals surface area contributed by atoms with Crippen molar-refractivity contribution in [3.05, 3.63) is 28.7 Å².